The van der Waals surface area contributed by atoms with Crippen molar-refractivity contribution in [3.05, 3.63) is 89.4 Å². The number of nitrogens with one attached hydrogen (secondary N) is 1. The molecule has 3 aromatic carbocycles. The van der Waals surface area contributed by atoms with E-state index in [2.05, 4.69) is 5.32 Å². The van der Waals surface area contributed by atoms with Crippen LogP contribution in [0.3, 0.4) is 0 Å². The van der Waals surface area contributed by atoms with Crippen LogP contribution in [0.25, 0.3) is 0 Å². The van der Waals surface area contributed by atoms with E-state index in [4.69, 9.17) is 16.3 Å². The van der Waals surface area contributed by atoms with E-state index in [1.807, 2.05) is 6.92 Å². The molecule has 0 aliphatic carbocycles. The lowest BCUT2D eigenvalue weighted by Gasteiger charge is -2.32. The molecule has 3 aromatic rings. The minimum Gasteiger partial charge on any atom is -0.495 e. The highest BCUT2D eigenvalue weighted by atomic mass is 35.5. The van der Waals surface area contributed by atoms with E-state index in [1.165, 1.54) is 24.1 Å². The zero-order valence-electron chi connectivity index (χ0n) is 22.3. The number of nitrogens with zero attached hydrogens (tertiary/aromatic N) is 2. The first-order chi connectivity index (χ1) is 18.7. The number of para-hydroxylation sites is 2. The van der Waals surface area contributed by atoms with Gasteiger partial charge in [-0.2, -0.15) is 0 Å². The number of amides is 2. The first kappa shape index (κ1) is 30.0. The molecule has 39 heavy (non-hydrogen) atoms. The number of benzene rings is 3. The Labute approximate surface area is 235 Å². The number of unbranched alkanes of at least 4 members (excludes halogenated alkanes) is 1. The van der Waals surface area contributed by atoms with Crippen molar-refractivity contribution in [2.75, 3.05) is 24.5 Å². The predicted molar refractivity (Wildman–Crippen MR) is 153 cm³/mol. The number of halogens is 1. The molecule has 1 atom stereocenters. The monoisotopic (exact) mass is 571 g/mol. The lowest BCUT2D eigenvalue weighted by atomic mass is 10.1. The second-order valence-corrected chi connectivity index (χ2v) is 11.3. The van der Waals surface area contributed by atoms with Crippen molar-refractivity contribution in [1.82, 2.24) is 10.2 Å². The SMILES string of the molecule is CCCCNC(=O)C(C)N(Cc1cccc(Cl)c1)C(=O)CN(c1ccccc1OC)S(=O)(=O)c1ccccc1. The quantitative estimate of drug-likeness (QED) is 0.295. The summed E-state index contributed by atoms with van der Waals surface area (Å²) in [6, 6.07) is 20.6. The van der Waals surface area contributed by atoms with Crippen molar-refractivity contribution in [3.8, 4) is 5.75 Å². The lowest BCUT2D eigenvalue weighted by molar-refractivity contribution is -0.139. The van der Waals surface area contributed by atoms with Crippen molar-refractivity contribution in [2.24, 2.45) is 0 Å². The summed E-state index contributed by atoms with van der Waals surface area (Å²) >= 11 is 6.18. The van der Waals surface area contributed by atoms with Crippen LogP contribution in [-0.4, -0.2) is 51.4 Å². The summed E-state index contributed by atoms with van der Waals surface area (Å²) in [4.78, 5) is 28.3. The largest absolute Gasteiger partial charge is 0.495 e. The molecule has 10 heteroatoms. The van der Waals surface area contributed by atoms with E-state index < -0.39 is 28.5 Å². The number of carbonyl (C=O) groups excluding carboxylic acids is 2. The number of ether oxygens (including phenoxy) is 1. The molecular weight excluding hydrogens is 538 g/mol. The van der Waals surface area contributed by atoms with Gasteiger partial charge >= 0.3 is 0 Å². The maximum atomic E-state index is 13.9. The lowest BCUT2D eigenvalue weighted by Crippen LogP contribution is -2.51. The van der Waals surface area contributed by atoms with Crippen molar-refractivity contribution >= 4 is 39.1 Å². The zero-order chi connectivity index (χ0) is 28.4. The third-order valence-corrected chi connectivity index (χ3v) is 8.21. The van der Waals surface area contributed by atoms with Gasteiger partial charge in [-0.3, -0.25) is 13.9 Å². The van der Waals surface area contributed by atoms with E-state index in [9.17, 15) is 18.0 Å². The van der Waals surface area contributed by atoms with Crippen molar-refractivity contribution < 1.29 is 22.7 Å². The maximum absolute atomic E-state index is 13.9. The molecule has 0 heterocycles. The molecule has 0 radical (unpaired) electrons. The normalized spacial score (nSPS) is 11.9. The molecule has 2 amide bonds. The summed E-state index contributed by atoms with van der Waals surface area (Å²) in [6.07, 6.45) is 1.71. The first-order valence-electron chi connectivity index (χ1n) is 12.7. The van der Waals surface area contributed by atoms with E-state index in [-0.39, 0.29) is 28.8 Å². The van der Waals surface area contributed by atoms with Crippen LogP contribution in [0.2, 0.25) is 5.02 Å². The summed E-state index contributed by atoms with van der Waals surface area (Å²) in [5, 5.41) is 3.35. The molecule has 0 aromatic heterocycles. The number of hydrogen-bond donors (Lipinski definition) is 1. The summed E-state index contributed by atoms with van der Waals surface area (Å²) < 4.78 is 34.1. The Bertz CT molecular complexity index is 1370. The van der Waals surface area contributed by atoms with E-state index >= 15 is 0 Å². The molecule has 0 aliphatic heterocycles. The van der Waals surface area contributed by atoms with Gasteiger partial charge in [0.2, 0.25) is 11.8 Å². The molecular formula is C29H34ClN3O5S. The Kier molecular flexibility index (Phi) is 10.8. The highest BCUT2D eigenvalue weighted by molar-refractivity contribution is 7.92. The Morgan fingerprint density at radius 2 is 1.69 bits per heavy atom. The van der Waals surface area contributed by atoms with Crippen molar-refractivity contribution in [1.29, 1.82) is 0 Å². The Morgan fingerprint density at radius 3 is 2.36 bits per heavy atom. The second-order valence-electron chi connectivity index (χ2n) is 8.97. The van der Waals surface area contributed by atoms with Gasteiger partial charge in [-0.05, 0) is 55.3 Å². The van der Waals surface area contributed by atoms with Gasteiger partial charge in [0.25, 0.3) is 10.0 Å². The summed E-state index contributed by atoms with van der Waals surface area (Å²) in [5.41, 5.74) is 0.916. The number of sulfonamides is 1. The summed E-state index contributed by atoms with van der Waals surface area (Å²) in [6.45, 7) is 3.64. The predicted octanol–water partition coefficient (Wildman–Crippen LogP) is 4.88. The fourth-order valence-corrected chi connectivity index (χ4v) is 5.68. The van der Waals surface area contributed by atoms with Gasteiger partial charge in [0.15, 0.2) is 0 Å². The summed E-state index contributed by atoms with van der Waals surface area (Å²) in [7, 11) is -2.74. The Balaban J connectivity index is 2.02. The minimum absolute atomic E-state index is 0.0236. The molecule has 208 valence electrons. The van der Waals surface area contributed by atoms with Gasteiger partial charge in [-0.25, -0.2) is 8.42 Å². The van der Waals surface area contributed by atoms with Crippen LogP contribution >= 0.6 is 11.6 Å². The van der Waals surface area contributed by atoms with Crippen LogP contribution in [0.5, 0.6) is 5.75 Å². The zero-order valence-corrected chi connectivity index (χ0v) is 23.9. The van der Waals surface area contributed by atoms with Crippen molar-refractivity contribution in [3.63, 3.8) is 0 Å². The average molecular weight is 572 g/mol. The molecule has 0 bridgehead atoms. The van der Waals surface area contributed by atoms with Crippen LogP contribution in [0.1, 0.15) is 32.3 Å². The Morgan fingerprint density at radius 1 is 1.00 bits per heavy atom. The van der Waals surface area contributed by atoms with E-state index in [0.29, 0.717) is 17.1 Å². The van der Waals surface area contributed by atoms with Gasteiger partial charge in [0.05, 0.1) is 17.7 Å². The number of hydrogen-bond acceptors (Lipinski definition) is 5. The third kappa shape index (κ3) is 7.74. The maximum Gasteiger partial charge on any atom is 0.264 e. The van der Waals surface area contributed by atoms with Crippen molar-refractivity contribution in [2.45, 2.75) is 44.2 Å². The van der Waals surface area contributed by atoms with Crippen LogP contribution < -0.4 is 14.4 Å². The van der Waals surface area contributed by atoms with E-state index in [0.717, 1.165) is 17.1 Å². The first-order valence-corrected chi connectivity index (χ1v) is 14.5. The fraction of sp³-hybridized carbons (Fsp3) is 0.310. The number of methoxy groups -OCH3 is 1. The molecule has 0 spiro atoms. The molecule has 0 fully saturated rings. The second kappa shape index (κ2) is 14.0. The van der Waals surface area contributed by atoms with Crippen LogP contribution in [-0.2, 0) is 26.2 Å². The number of carbonyl (C=O) groups is 2. The highest BCUT2D eigenvalue weighted by Gasteiger charge is 2.33. The molecule has 8 nitrogen and oxygen atoms in total. The van der Waals surface area contributed by atoms with E-state index in [1.54, 1.807) is 73.7 Å². The highest BCUT2D eigenvalue weighted by Crippen LogP contribution is 2.32. The van der Waals surface area contributed by atoms with Gasteiger partial charge < -0.3 is 15.0 Å². The van der Waals surface area contributed by atoms with Gasteiger partial charge in [0.1, 0.15) is 18.3 Å². The number of anilines is 1. The molecule has 0 saturated heterocycles. The smallest absolute Gasteiger partial charge is 0.264 e. The number of rotatable bonds is 13. The van der Waals surface area contributed by atoms with Gasteiger partial charge in [-0.1, -0.05) is 67.4 Å². The average Bonchev–Trinajstić information content (AvgIpc) is 2.94. The molecule has 1 unspecified atom stereocenters. The van der Waals surface area contributed by atoms with Gasteiger partial charge in [-0.15, -0.1) is 0 Å². The molecule has 3 rings (SSSR count). The van der Waals surface area contributed by atoms with Crippen LogP contribution in [0.15, 0.2) is 83.8 Å². The Hall–Kier alpha value is -3.56. The summed E-state index contributed by atoms with van der Waals surface area (Å²) in [5.74, 6) is -0.594. The van der Waals surface area contributed by atoms with Gasteiger partial charge in [0, 0.05) is 18.1 Å². The fourth-order valence-electron chi connectivity index (χ4n) is 4.02. The molecule has 0 aliphatic rings. The topological polar surface area (TPSA) is 96.0 Å². The van der Waals surface area contributed by atoms with Crippen LogP contribution in [0, 0.1) is 0 Å². The molecule has 1 N–H and O–H groups in total. The van der Waals surface area contributed by atoms with Crippen LogP contribution in [0.4, 0.5) is 5.69 Å². The standard InChI is InChI=1S/C29H34ClN3O5S/c1-4-5-18-31-29(35)22(2)32(20-23-12-11-13-24(30)19-23)28(34)21-33(26-16-9-10-17-27(26)38-3)39(36,37)25-14-7-6-8-15-25/h6-17,19,22H,4-5,18,20-21H2,1-3H3,(H,31,35). The third-order valence-electron chi connectivity index (χ3n) is 6.20. The minimum atomic E-state index is -4.17. The molecule has 0 saturated carbocycles.